The molecular weight excluding hydrogens is 322 g/mol. The first-order chi connectivity index (χ1) is 11.7. The second-order valence-corrected chi connectivity index (χ2v) is 5.64. The van der Waals surface area contributed by atoms with Gasteiger partial charge in [-0.15, -0.1) is 0 Å². The van der Waals surface area contributed by atoms with Crippen LogP contribution in [0.3, 0.4) is 0 Å². The van der Waals surface area contributed by atoms with Crippen molar-refractivity contribution in [1.82, 2.24) is 0 Å². The van der Waals surface area contributed by atoms with E-state index in [4.69, 9.17) is 16.3 Å². The van der Waals surface area contributed by atoms with Crippen molar-refractivity contribution in [3.63, 3.8) is 0 Å². The molecule has 0 fully saturated rings. The predicted octanol–water partition coefficient (Wildman–Crippen LogP) is 5.02. The summed E-state index contributed by atoms with van der Waals surface area (Å²) in [6.45, 7) is -0.0647. The first-order valence-electron chi connectivity index (χ1n) is 7.55. The fraction of sp³-hybridized carbons (Fsp3) is 0.0500. The Labute approximate surface area is 145 Å². The molecule has 3 aromatic carbocycles. The molecule has 0 bridgehead atoms. The number of hydrogen-bond donors (Lipinski definition) is 1. The van der Waals surface area contributed by atoms with E-state index in [1.807, 2.05) is 54.6 Å². The Kier molecular flexibility index (Phi) is 5.14. The van der Waals surface area contributed by atoms with E-state index in [-0.39, 0.29) is 12.5 Å². The van der Waals surface area contributed by atoms with Gasteiger partial charge in [0, 0.05) is 16.3 Å². The molecule has 0 aromatic heterocycles. The van der Waals surface area contributed by atoms with E-state index in [0.717, 1.165) is 16.8 Å². The Bertz CT molecular complexity index is 817. The van der Waals surface area contributed by atoms with Gasteiger partial charge in [-0.25, -0.2) is 0 Å². The van der Waals surface area contributed by atoms with Gasteiger partial charge in [0.05, 0.1) is 0 Å². The highest BCUT2D eigenvalue weighted by atomic mass is 35.5. The topological polar surface area (TPSA) is 38.3 Å². The molecule has 0 unspecified atom stereocenters. The van der Waals surface area contributed by atoms with Gasteiger partial charge in [0.1, 0.15) is 5.75 Å². The zero-order valence-corrected chi connectivity index (χ0v) is 13.7. The molecule has 0 atom stereocenters. The molecule has 3 nitrogen and oxygen atoms in total. The maximum Gasteiger partial charge on any atom is 0.262 e. The van der Waals surface area contributed by atoms with Gasteiger partial charge < -0.3 is 10.1 Å². The third-order valence-electron chi connectivity index (χ3n) is 3.47. The first-order valence-corrected chi connectivity index (χ1v) is 7.93. The molecule has 0 spiro atoms. The normalized spacial score (nSPS) is 10.2. The average Bonchev–Trinajstić information content (AvgIpc) is 2.62. The highest BCUT2D eigenvalue weighted by Crippen LogP contribution is 2.27. The van der Waals surface area contributed by atoms with Crippen LogP contribution in [0, 0.1) is 0 Å². The molecular formula is C20H16ClNO2. The quantitative estimate of drug-likeness (QED) is 0.709. The number of para-hydroxylation sites is 1. The third kappa shape index (κ3) is 4.15. The lowest BCUT2D eigenvalue weighted by molar-refractivity contribution is -0.118. The molecule has 1 N–H and O–H groups in total. The minimum absolute atomic E-state index is 0.0647. The Hall–Kier alpha value is -2.78. The summed E-state index contributed by atoms with van der Waals surface area (Å²) < 4.78 is 5.47. The van der Waals surface area contributed by atoms with Crippen molar-refractivity contribution >= 4 is 23.2 Å². The highest BCUT2D eigenvalue weighted by molar-refractivity contribution is 6.30. The van der Waals surface area contributed by atoms with Crippen LogP contribution in [0.5, 0.6) is 5.75 Å². The van der Waals surface area contributed by atoms with Crippen LogP contribution < -0.4 is 10.1 Å². The zero-order chi connectivity index (χ0) is 16.8. The number of halogens is 1. The van der Waals surface area contributed by atoms with E-state index < -0.39 is 0 Å². The molecule has 3 rings (SSSR count). The van der Waals surface area contributed by atoms with Crippen molar-refractivity contribution in [3.8, 4) is 16.9 Å². The number of carbonyl (C=O) groups is 1. The number of benzene rings is 3. The van der Waals surface area contributed by atoms with Gasteiger partial charge in [-0.1, -0.05) is 60.1 Å². The second-order valence-electron chi connectivity index (χ2n) is 5.20. The molecule has 3 aromatic rings. The smallest absolute Gasteiger partial charge is 0.262 e. The van der Waals surface area contributed by atoms with Crippen LogP contribution in [0.4, 0.5) is 5.69 Å². The first kappa shape index (κ1) is 16.1. The summed E-state index contributed by atoms with van der Waals surface area (Å²) in [5.41, 5.74) is 2.78. The van der Waals surface area contributed by atoms with Crippen molar-refractivity contribution < 1.29 is 9.53 Å². The van der Waals surface area contributed by atoms with E-state index in [0.29, 0.717) is 10.8 Å². The van der Waals surface area contributed by atoms with Crippen molar-refractivity contribution in [3.05, 3.63) is 83.9 Å². The molecule has 0 aliphatic rings. The number of rotatable bonds is 5. The van der Waals surface area contributed by atoms with Crippen molar-refractivity contribution in [1.29, 1.82) is 0 Å². The van der Waals surface area contributed by atoms with Crippen LogP contribution in [0.1, 0.15) is 0 Å². The minimum atomic E-state index is -0.215. The summed E-state index contributed by atoms with van der Waals surface area (Å²) in [5.74, 6) is 0.388. The van der Waals surface area contributed by atoms with Gasteiger partial charge in [0.15, 0.2) is 6.61 Å². The maximum atomic E-state index is 12.2. The summed E-state index contributed by atoms with van der Waals surface area (Å²) >= 11 is 5.82. The number of ether oxygens (including phenoxy) is 1. The minimum Gasteiger partial charge on any atom is -0.484 e. The third-order valence-corrected chi connectivity index (χ3v) is 3.72. The summed E-state index contributed by atoms with van der Waals surface area (Å²) in [7, 11) is 0. The molecule has 0 aliphatic carbocycles. The average molecular weight is 338 g/mol. The summed E-state index contributed by atoms with van der Waals surface area (Å²) in [6.07, 6.45) is 0. The van der Waals surface area contributed by atoms with Crippen LogP contribution in [-0.4, -0.2) is 12.5 Å². The van der Waals surface area contributed by atoms with E-state index in [9.17, 15) is 4.79 Å². The van der Waals surface area contributed by atoms with E-state index >= 15 is 0 Å². The molecule has 0 aliphatic heterocycles. The fourth-order valence-electron chi connectivity index (χ4n) is 2.33. The number of hydrogen-bond acceptors (Lipinski definition) is 2. The number of amides is 1. The molecule has 24 heavy (non-hydrogen) atoms. The van der Waals surface area contributed by atoms with Crippen LogP contribution >= 0.6 is 11.6 Å². The largest absolute Gasteiger partial charge is 0.484 e. The SMILES string of the molecule is O=C(COc1ccc(Cl)cc1)Nc1ccccc1-c1ccccc1. The molecule has 0 heterocycles. The monoisotopic (exact) mass is 337 g/mol. The Morgan fingerprint density at radius 1 is 0.875 bits per heavy atom. The molecule has 120 valence electrons. The fourth-order valence-corrected chi connectivity index (χ4v) is 2.45. The lowest BCUT2D eigenvalue weighted by atomic mass is 10.0. The molecule has 4 heteroatoms. The Morgan fingerprint density at radius 2 is 1.54 bits per heavy atom. The zero-order valence-electron chi connectivity index (χ0n) is 12.9. The van der Waals surface area contributed by atoms with Crippen LogP contribution in [-0.2, 0) is 4.79 Å². The molecule has 1 amide bonds. The molecule has 0 radical (unpaired) electrons. The summed E-state index contributed by atoms with van der Waals surface area (Å²) in [4.78, 5) is 12.2. The number of nitrogens with one attached hydrogen (secondary N) is 1. The Morgan fingerprint density at radius 3 is 2.29 bits per heavy atom. The Balaban J connectivity index is 1.67. The number of carbonyl (C=O) groups excluding carboxylic acids is 1. The van der Waals surface area contributed by atoms with Crippen LogP contribution in [0.2, 0.25) is 5.02 Å². The van der Waals surface area contributed by atoms with Gasteiger partial charge in [0.2, 0.25) is 0 Å². The molecule has 0 saturated heterocycles. The highest BCUT2D eigenvalue weighted by Gasteiger charge is 2.08. The van der Waals surface area contributed by atoms with Crippen LogP contribution in [0.15, 0.2) is 78.9 Å². The van der Waals surface area contributed by atoms with Gasteiger partial charge >= 0.3 is 0 Å². The van der Waals surface area contributed by atoms with E-state index in [1.165, 1.54) is 0 Å². The van der Waals surface area contributed by atoms with E-state index in [2.05, 4.69) is 5.32 Å². The van der Waals surface area contributed by atoms with Gasteiger partial charge in [-0.3, -0.25) is 4.79 Å². The molecule has 0 saturated carbocycles. The van der Waals surface area contributed by atoms with Crippen molar-refractivity contribution in [2.24, 2.45) is 0 Å². The van der Waals surface area contributed by atoms with Gasteiger partial charge in [-0.05, 0) is 35.9 Å². The van der Waals surface area contributed by atoms with Gasteiger partial charge in [-0.2, -0.15) is 0 Å². The summed E-state index contributed by atoms with van der Waals surface area (Å²) in [5, 5.41) is 3.53. The maximum absolute atomic E-state index is 12.2. The van der Waals surface area contributed by atoms with Crippen molar-refractivity contribution in [2.45, 2.75) is 0 Å². The van der Waals surface area contributed by atoms with E-state index in [1.54, 1.807) is 24.3 Å². The van der Waals surface area contributed by atoms with Gasteiger partial charge in [0.25, 0.3) is 5.91 Å². The lowest BCUT2D eigenvalue weighted by Gasteiger charge is -2.12. The predicted molar refractivity (Wildman–Crippen MR) is 97.5 cm³/mol. The van der Waals surface area contributed by atoms with Crippen molar-refractivity contribution in [2.75, 3.05) is 11.9 Å². The lowest BCUT2D eigenvalue weighted by Crippen LogP contribution is -2.20. The second kappa shape index (κ2) is 7.66. The number of anilines is 1. The van der Waals surface area contributed by atoms with Crippen LogP contribution in [0.25, 0.3) is 11.1 Å². The summed E-state index contributed by atoms with van der Waals surface area (Å²) in [6, 6.07) is 24.5. The standard InChI is InChI=1S/C20H16ClNO2/c21-16-10-12-17(13-11-16)24-14-20(23)22-19-9-5-4-8-18(19)15-6-2-1-3-7-15/h1-13H,14H2,(H,22,23).